The molecule has 0 bridgehead atoms. The zero-order valence-corrected chi connectivity index (χ0v) is 17.2. The number of fused-ring (bicyclic) bond motifs is 1. The molecule has 0 N–H and O–H groups in total. The van der Waals surface area contributed by atoms with Crippen molar-refractivity contribution >= 4 is 0 Å². The van der Waals surface area contributed by atoms with Crippen LogP contribution < -0.4 is 0 Å². The summed E-state index contributed by atoms with van der Waals surface area (Å²) in [4.78, 5) is 0. The van der Waals surface area contributed by atoms with Gasteiger partial charge in [0.25, 0.3) is 0 Å². The topological polar surface area (TPSA) is 30.7 Å². The molecule has 0 amide bonds. The van der Waals surface area contributed by atoms with Crippen molar-refractivity contribution < 1.29 is 0 Å². The standard InChI is InChI=1S/C22H41N3/c1-4-6-8-14-18-22(3,19-15-9-7-5-2)25-21-17-13-11-10-12-16-20(21)23-24-25/h4-19H2,1-3H3. The lowest BCUT2D eigenvalue weighted by molar-refractivity contribution is 0.216. The lowest BCUT2D eigenvalue weighted by Crippen LogP contribution is -2.33. The maximum Gasteiger partial charge on any atom is 0.0859 e. The minimum absolute atomic E-state index is 0.168. The highest BCUT2D eigenvalue weighted by molar-refractivity contribution is 5.13. The molecule has 0 aliphatic heterocycles. The van der Waals surface area contributed by atoms with Crippen LogP contribution in [0.2, 0.25) is 0 Å². The number of nitrogens with zero attached hydrogens (tertiary/aromatic N) is 3. The molecule has 144 valence electrons. The van der Waals surface area contributed by atoms with Crippen molar-refractivity contribution in [1.29, 1.82) is 0 Å². The summed E-state index contributed by atoms with van der Waals surface area (Å²) in [6, 6.07) is 0. The van der Waals surface area contributed by atoms with Gasteiger partial charge in [0.1, 0.15) is 0 Å². The number of aromatic nitrogens is 3. The van der Waals surface area contributed by atoms with E-state index in [9.17, 15) is 0 Å². The summed E-state index contributed by atoms with van der Waals surface area (Å²) in [5.41, 5.74) is 2.93. The van der Waals surface area contributed by atoms with Gasteiger partial charge in [-0.25, -0.2) is 4.68 Å². The Hall–Kier alpha value is -0.860. The maximum absolute atomic E-state index is 4.72. The summed E-state index contributed by atoms with van der Waals surface area (Å²) < 4.78 is 2.38. The Balaban J connectivity index is 2.12. The molecule has 1 aliphatic carbocycles. The van der Waals surface area contributed by atoms with Gasteiger partial charge < -0.3 is 0 Å². The van der Waals surface area contributed by atoms with Gasteiger partial charge in [-0.3, -0.25) is 0 Å². The molecule has 1 aromatic heterocycles. The Morgan fingerprint density at radius 2 is 1.40 bits per heavy atom. The van der Waals surface area contributed by atoms with Crippen LogP contribution in [0.25, 0.3) is 0 Å². The van der Waals surface area contributed by atoms with E-state index in [0.29, 0.717) is 0 Å². The number of hydrogen-bond donors (Lipinski definition) is 0. The minimum atomic E-state index is 0.168. The zero-order valence-electron chi connectivity index (χ0n) is 17.2. The second-order valence-electron chi connectivity index (χ2n) is 8.43. The minimum Gasteiger partial charge on any atom is -0.243 e. The highest BCUT2D eigenvalue weighted by atomic mass is 15.5. The molecule has 0 saturated heterocycles. The first kappa shape index (κ1) is 20.5. The number of rotatable bonds is 11. The molecule has 1 aliphatic rings. The van der Waals surface area contributed by atoms with Crippen molar-refractivity contribution in [3.05, 3.63) is 11.4 Å². The predicted octanol–water partition coefficient (Wildman–Crippen LogP) is 6.59. The van der Waals surface area contributed by atoms with Crippen LogP contribution in [-0.4, -0.2) is 15.0 Å². The second-order valence-corrected chi connectivity index (χ2v) is 8.43. The van der Waals surface area contributed by atoms with Crippen molar-refractivity contribution in [3.63, 3.8) is 0 Å². The fourth-order valence-corrected chi connectivity index (χ4v) is 4.35. The molecular weight excluding hydrogens is 306 g/mol. The van der Waals surface area contributed by atoms with E-state index >= 15 is 0 Å². The zero-order chi connectivity index (χ0) is 18.0. The Bertz CT molecular complexity index is 466. The second kappa shape index (κ2) is 11.0. The van der Waals surface area contributed by atoms with Gasteiger partial charge in [-0.1, -0.05) is 83.3 Å². The normalized spacial score (nSPS) is 15.6. The van der Waals surface area contributed by atoms with Crippen molar-refractivity contribution in [1.82, 2.24) is 15.0 Å². The van der Waals surface area contributed by atoms with Gasteiger partial charge in [0, 0.05) is 0 Å². The molecule has 1 aromatic rings. The first-order valence-corrected chi connectivity index (χ1v) is 11.1. The molecule has 3 nitrogen and oxygen atoms in total. The largest absolute Gasteiger partial charge is 0.243 e. The molecular formula is C22H41N3. The van der Waals surface area contributed by atoms with E-state index in [-0.39, 0.29) is 5.54 Å². The summed E-state index contributed by atoms with van der Waals surface area (Å²) in [6.07, 6.45) is 20.9. The number of hydrogen-bond acceptors (Lipinski definition) is 2. The Morgan fingerprint density at radius 3 is 2.00 bits per heavy atom. The Kier molecular flexibility index (Phi) is 8.98. The summed E-state index contributed by atoms with van der Waals surface area (Å²) in [7, 11) is 0. The number of unbranched alkanes of at least 4 members (excludes halogenated alkanes) is 6. The lowest BCUT2D eigenvalue weighted by Gasteiger charge is -2.32. The monoisotopic (exact) mass is 347 g/mol. The molecule has 25 heavy (non-hydrogen) atoms. The van der Waals surface area contributed by atoms with Gasteiger partial charge >= 0.3 is 0 Å². The SMILES string of the molecule is CCCCCCC(C)(CCCCCC)n1nnc2c1CCCCCC2. The highest BCUT2D eigenvalue weighted by Crippen LogP contribution is 2.33. The summed E-state index contributed by atoms with van der Waals surface area (Å²) in [5.74, 6) is 0. The average Bonchev–Trinajstić information content (AvgIpc) is 2.98. The first-order valence-electron chi connectivity index (χ1n) is 11.1. The molecule has 0 radical (unpaired) electrons. The van der Waals surface area contributed by atoms with E-state index in [1.54, 1.807) is 0 Å². The van der Waals surface area contributed by atoms with Gasteiger partial charge in [-0.15, -0.1) is 5.10 Å². The van der Waals surface area contributed by atoms with Crippen LogP contribution in [0.4, 0.5) is 0 Å². The van der Waals surface area contributed by atoms with Gasteiger partial charge in [0.05, 0.1) is 16.9 Å². The molecule has 0 aromatic carbocycles. The van der Waals surface area contributed by atoms with Crippen molar-refractivity contribution in [2.75, 3.05) is 0 Å². The molecule has 0 atom stereocenters. The summed E-state index contributed by atoms with van der Waals surface area (Å²) >= 11 is 0. The van der Waals surface area contributed by atoms with Gasteiger partial charge in [-0.05, 0) is 45.4 Å². The number of aryl methyl sites for hydroxylation is 1. The van der Waals surface area contributed by atoms with Gasteiger partial charge in [0.2, 0.25) is 0 Å². The van der Waals surface area contributed by atoms with E-state index in [2.05, 4.69) is 30.6 Å². The first-order chi connectivity index (χ1) is 12.2. The molecule has 1 heterocycles. The third-order valence-electron chi connectivity index (χ3n) is 6.07. The molecule has 0 unspecified atom stereocenters. The average molecular weight is 348 g/mol. The van der Waals surface area contributed by atoms with Gasteiger partial charge in [-0.2, -0.15) is 0 Å². The Labute approximate surface area is 156 Å². The van der Waals surface area contributed by atoms with Crippen molar-refractivity contribution in [3.8, 4) is 0 Å². The quantitative estimate of drug-likeness (QED) is 0.422. The molecule has 2 rings (SSSR count). The van der Waals surface area contributed by atoms with Crippen LogP contribution in [0.5, 0.6) is 0 Å². The third kappa shape index (κ3) is 6.11. The Morgan fingerprint density at radius 1 is 0.800 bits per heavy atom. The van der Waals surface area contributed by atoms with Crippen LogP contribution >= 0.6 is 0 Å². The van der Waals surface area contributed by atoms with Crippen molar-refractivity contribution in [2.45, 2.75) is 129 Å². The molecule has 0 saturated carbocycles. The van der Waals surface area contributed by atoms with Gasteiger partial charge in [0.15, 0.2) is 0 Å². The maximum atomic E-state index is 4.72. The smallest absolute Gasteiger partial charge is 0.0859 e. The molecule has 0 fully saturated rings. The van der Waals surface area contributed by atoms with E-state index in [4.69, 9.17) is 5.21 Å². The van der Waals surface area contributed by atoms with E-state index in [0.717, 1.165) is 6.42 Å². The van der Waals surface area contributed by atoms with E-state index in [1.807, 2.05) is 0 Å². The van der Waals surface area contributed by atoms with Crippen LogP contribution in [-0.2, 0) is 18.4 Å². The van der Waals surface area contributed by atoms with E-state index < -0.39 is 0 Å². The van der Waals surface area contributed by atoms with Crippen LogP contribution in [0.1, 0.15) is 122 Å². The lowest BCUT2D eigenvalue weighted by atomic mass is 9.87. The van der Waals surface area contributed by atoms with E-state index in [1.165, 1.54) is 108 Å². The summed E-state index contributed by atoms with van der Waals surface area (Å²) in [6.45, 7) is 7.05. The van der Waals surface area contributed by atoms with Crippen LogP contribution in [0.3, 0.4) is 0 Å². The fourth-order valence-electron chi connectivity index (χ4n) is 4.35. The molecule has 0 spiro atoms. The predicted molar refractivity (Wildman–Crippen MR) is 107 cm³/mol. The van der Waals surface area contributed by atoms with Crippen LogP contribution in [0, 0.1) is 0 Å². The molecule has 3 heteroatoms. The van der Waals surface area contributed by atoms with Crippen molar-refractivity contribution in [2.24, 2.45) is 0 Å². The fraction of sp³-hybridized carbons (Fsp3) is 0.909. The highest BCUT2D eigenvalue weighted by Gasteiger charge is 2.30. The van der Waals surface area contributed by atoms with Crippen LogP contribution in [0.15, 0.2) is 0 Å². The summed E-state index contributed by atoms with van der Waals surface area (Å²) in [5, 5.41) is 9.34. The third-order valence-corrected chi connectivity index (χ3v) is 6.07.